The molecule has 0 saturated carbocycles. The SMILES string of the molecule is CN(/N=C/c1ccccc1)c1c(Br)c(=O)n(C)c(=O)n1C. The summed E-state index contributed by atoms with van der Waals surface area (Å²) < 4.78 is 2.70. The van der Waals surface area contributed by atoms with Crippen LogP contribution in [0.25, 0.3) is 0 Å². The van der Waals surface area contributed by atoms with Crippen molar-refractivity contribution in [1.29, 1.82) is 0 Å². The average molecular weight is 351 g/mol. The number of benzene rings is 1. The molecule has 21 heavy (non-hydrogen) atoms. The van der Waals surface area contributed by atoms with Crippen molar-refractivity contribution in [3.05, 3.63) is 61.2 Å². The van der Waals surface area contributed by atoms with Crippen LogP contribution in [0.2, 0.25) is 0 Å². The van der Waals surface area contributed by atoms with Crippen LogP contribution in [0.15, 0.2) is 49.5 Å². The third kappa shape index (κ3) is 2.97. The first-order valence-electron chi connectivity index (χ1n) is 6.21. The maximum Gasteiger partial charge on any atom is 0.332 e. The Morgan fingerprint density at radius 2 is 1.76 bits per heavy atom. The molecule has 1 aromatic carbocycles. The first kappa shape index (κ1) is 15.2. The summed E-state index contributed by atoms with van der Waals surface area (Å²) in [7, 11) is 4.71. The van der Waals surface area contributed by atoms with E-state index in [0.29, 0.717) is 10.3 Å². The van der Waals surface area contributed by atoms with Gasteiger partial charge in [0, 0.05) is 21.1 Å². The number of hydrogen-bond acceptors (Lipinski definition) is 4. The summed E-state index contributed by atoms with van der Waals surface area (Å²) in [4.78, 5) is 23.9. The monoisotopic (exact) mass is 350 g/mol. The van der Waals surface area contributed by atoms with E-state index >= 15 is 0 Å². The minimum Gasteiger partial charge on any atom is -0.280 e. The zero-order chi connectivity index (χ0) is 15.6. The van der Waals surface area contributed by atoms with Gasteiger partial charge < -0.3 is 0 Å². The van der Waals surface area contributed by atoms with Crippen LogP contribution in [0.3, 0.4) is 0 Å². The van der Waals surface area contributed by atoms with E-state index in [1.165, 1.54) is 16.6 Å². The van der Waals surface area contributed by atoms with Gasteiger partial charge in [-0.1, -0.05) is 30.3 Å². The molecule has 0 atom stereocenters. The lowest BCUT2D eigenvalue weighted by Gasteiger charge is -2.18. The maximum absolute atomic E-state index is 12.0. The van der Waals surface area contributed by atoms with Gasteiger partial charge in [-0.2, -0.15) is 5.10 Å². The van der Waals surface area contributed by atoms with E-state index in [1.807, 2.05) is 30.3 Å². The zero-order valence-corrected chi connectivity index (χ0v) is 13.5. The van der Waals surface area contributed by atoms with Crippen molar-refractivity contribution in [2.24, 2.45) is 19.2 Å². The Hall–Kier alpha value is -2.15. The summed E-state index contributed by atoms with van der Waals surface area (Å²) >= 11 is 3.23. The highest BCUT2D eigenvalue weighted by Crippen LogP contribution is 2.19. The van der Waals surface area contributed by atoms with Gasteiger partial charge in [-0.05, 0) is 21.5 Å². The number of hydrogen-bond donors (Lipinski definition) is 0. The fourth-order valence-corrected chi connectivity index (χ4v) is 2.69. The topological polar surface area (TPSA) is 59.6 Å². The minimum atomic E-state index is -0.403. The molecule has 0 amide bonds. The molecule has 2 aromatic rings. The Bertz CT molecular complexity index is 756. The number of nitrogens with zero attached hydrogens (tertiary/aromatic N) is 4. The van der Waals surface area contributed by atoms with Gasteiger partial charge in [-0.3, -0.25) is 18.9 Å². The first-order chi connectivity index (χ1) is 9.93. The van der Waals surface area contributed by atoms with Crippen molar-refractivity contribution < 1.29 is 0 Å². The van der Waals surface area contributed by atoms with E-state index in [9.17, 15) is 9.59 Å². The Labute approximate surface area is 130 Å². The largest absolute Gasteiger partial charge is 0.332 e. The van der Waals surface area contributed by atoms with Crippen molar-refractivity contribution in [3.63, 3.8) is 0 Å². The van der Waals surface area contributed by atoms with Gasteiger partial charge in [-0.15, -0.1) is 0 Å². The molecule has 6 nitrogen and oxygen atoms in total. The highest BCUT2D eigenvalue weighted by molar-refractivity contribution is 9.10. The van der Waals surface area contributed by atoms with Crippen molar-refractivity contribution >= 4 is 28.0 Å². The summed E-state index contributed by atoms with van der Waals surface area (Å²) in [5.74, 6) is 0.398. The van der Waals surface area contributed by atoms with Crippen LogP contribution in [-0.4, -0.2) is 22.4 Å². The predicted octanol–water partition coefficient (Wildman–Crippen LogP) is 1.32. The second kappa shape index (κ2) is 6.09. The molecule has 0 saturated heterocycles. The van der Waals surface area contributed by atoms with E-state index in [4.69, 9.17) is 0 Å². The van der Waals surface area contributed by atoms with Crippen LogP contribution >= 0.6 is 15.9 Å². The lowest BCUT2D eigenvalue weighted by molar-refractivity contribution is 0.669. The molecular weight excluding hydrogens is 336 g/mol. The molecule has 0 aliphatic heterocycles. The van der Waals surface area contributed by atoms with Gasteiger partial charge in [0.25, 0.3) is 5.56 Å². The molecule has 0 aliphatic rings. The molecular formula is C14H15BrN4O2. The summed E-state index contributed by atoms with van der Waals surface area (Å²) in [5, 5.41) is 5.75. The molecule has 0 unspecified atom stereocenters. The van der Waals surface area contributed by atoms with Crippen LogP contribution in [0, 0.1) is 0 Å². The highest BCUT2D eigenvalue weighted by Gasteiger charge is 2.16. The van der Waals surface area contributed by atoms with Gasteiger partial charge in [-0.25, -0.2) is 4.79 Å². The van der Waals surface area contributed by atoms with Crippen molar-refractivity contribution in [1.82, 2.24) is 9.13 Å². The molecule has 0 N–H and O–H groups in total. The molecule has 0 spiro atoms. The van der Waals surface area contributed by atoms with E-state index in [-0.39, 0.29) is 0 Å². The van der Waals surface area contributed by atoms with Gasteiger partial charge in [0.15, 0.2) is 5.82 Å². The zero-order valence-electron chi connectivity index (χ0n) is 11.9. The Balaban J connectivity index is 2.45. The fourth-order valence-electron chi connectivity index (χ4n) is 1.90. The summed E-state index contributed by atoms with van der Waals surface area (Å²) in [5.41, 5.74) is 0.129. The van der Waals surface area contributed by atoms with E-state index < -0.39 is 11.2 Å². The quantitative estimate of drug-likeness (QED) is 0.619. The standard InChI is InChI=1S/C14H15BrN4O2/c1-17-12(11(15)13(20)18(2)14(17)21)19(3)16-9-10-7-5-4-6-8-10/h4-9H,1-3H3/b16-9+. The second-order valence-electron chi connectivity index (χ2n) is 4.52. The Morgan fingerprint density at radius 1 is 1.14 bits per heavy atom. The number of anilines is 1. The Kier molecular flexibility index (Phi) is 4.42. The molecule has 1 heterocycles. The van der Waals surface area contributed by atoms with Crippen LogP contribution in [0.5, 0.6) is 0 Å². The normalized spacial score (nSPS) is 11.0. The average Bonchev–Trinajstić information content (AvgIpc) is 2.50. The van der Waals surface area contributed by atoms with E-state index in [1.54, 1.807) is 20.3 Å². The first-order valence-corrected chi connectivity index (χ1v) is 7.01. The van der Waals surface area contributed by atoms with Crippen LogP contribution in [0.1, 0.15) is 5.56 Å². The molecule has 0 fully saturated rings. The van der Waals surface area contributed by atoms with Crippen molar-refractivity contribution in [2.75, 3.05) is 12.1 Å². The minimum absolute atomic E-state index is 0.291. The molecule has 2 rings (SSSR count). The maximum atomic E-state index is 12.0. The summed E-state index contributed by atoms with van der Waals surface area (Å²) in [6.45, 7) is 0. The number of halogens is 1. The molecule has 7 heteroatoms. The van der Waals surface area contributed by atoms with Gasteiger partial charge in [0.2, 0.25) is 0 Å². The van der Waals surface area contributed by atoms with Gasteiger partial charge in [0.05, 0.1) is 6.21 Å². The third-order valence-corrected chi connectivity index (χ3v) is 3.76. The lowest BCUT2D eigenvalue weighted by Crippen LogP contribution is -2.39. The van der Waals surface area contributed by atoms with Crippen LogP contribution in [0.4, 0.5) is 5.82 Å². The van der Waals surface area contributed by atoms with Crippen molar-refractivity contribution in [3.8, 4) is 0 Å². The van der Waals surface area contributed by atoms with Gasteiger partial charge in [0.1, 0.15) is 4.47 Å². The predicted molar refractivity (Wildman–Crippen MR) is 87.1 cm³/mol. The number of hydrazone groups is 1. The molecule has 1 aromatic heterocycles. The summed E-state index contributed by atoms with van der Waals surface area (Å²) in [6, 6.07) is 9.56. The van der Waals surface area contributed by atoms with Gasteiger partial charge >= 0.3 is 5.69 Å². The van der Waals surface area contributed by atoms with E-state index in [0.717, 1.165) is 10.1 Å². The third-order valence-electron chi connectivity index (χ3n) is 3.07. The molecule has 0 radical (unpaired) electrons. The van der Waals surface area contributed by atoms with Crippen molar-refractivity contribution in [2.45, 2.75) is 0 Å². The smallest absolute Gasteiger partial charge is 0.280 e. The van der Waals surface area contributed by atoms with Crippen LogP contribution < -0.4 is 16.3 Å². The molecule has 0 bridgehead atoms. The van der Waals surface area contributed by atoms with E-state index in [2.05, 4.69) is 21.0 Å². The lowest BCUT2D eigenvalue weighted by atomic mass is 10.2. The second-order valence-corrected chi connectivity index (χ2v) is 5.32. The summed E-state index contributed by atoms with van der Waals surface area (Å²) in [6.07, 6.45) is 1.66. The van der Waals surface area contributed by atoms with Crippen LogP contribution in [-0.2, 0) is 14.1 Å². The Morgan fingerprint density at radius 3 is 2.38 bits per heavy atom. The molecule has 110 valence electrons. The number of rotatable bonds is 3. The highest BCUT2D eigenvalue weighted by atomic mass is 79.9. The number of aromatic nitrogens is 2. The molecule has 0 aliphatic carbocycles. The fraction of sp³-hybridized carbons (Fsp3) is 0.214.